The molecule has 5 heteroatoms. The van der Waals surface area contributed by atoms with Gasteiger partial charge in [0.25, 0.3) is 0 Å². The number of fused-ring (bicyclic) bond motifs is 1. The number of hydrogen-bond acceptors (Lipinski definition) is 5. The van der Waals surface area contributed by atoms with Crippen molar-refractivity contribution < 1.29 is 18.7 Å². The fraction of sp³-hybridized carbons (Fsp3) is 0.238. The fourth-order valence-electron chi connectivity index (χ4n) is 2.90. The summed E-state index contributed by atoms with van der Waals surface area (Å²) in [7, 11) is 1.32. The van der Waals surface area contributed by atoms with Gasteiger partial charge in [0.1, 0.15) is 11.3 Å². The lowest BCUT2D eigenvalue weighted by Gasteiger charge is -2.19. The average molecular weight is 352 g/mol. The molecule has 1 aromatic heterocycles. The van der Waals surface area contributed by atoms with Crippen LogP contribution in [0, 0.1) is 20.8 Å². The van der Waals surface area contributed by atoms with Crippen LogP contribution in [-0.2, 0) is 9.53 Å². The third kappa shape index (κ3) is 3.20. The lowest BCUT2D eigenvalue weighted by molar-refractivity contribution is -0.149. The summed E-state index contributed by atoms with van der Waals surface area (Å²) in [5.41, 5.74) is 2.88. The molecular formula is C21H20O5. The Bertz CT molecular complexity index is 1020. The molecule has 1 heterocycles. The van der Waals surface area contributed by atoms with E-state index in [1.165, 1.54) is 7.11 Å². The van der Waals surface area contributed by atoms with E-state index in [0.29, 0.717) is 27.8 Å². The smallest absolute Gasteiger partial charge is 0.351 e. The Morgan fingerprint density at radius 2 is 1.73 bits per heavy atom. The molecular weight excluding hydrogens is 332 g/mol. The van der Waals surface area contributed by atoms with E-state index < -0.39 is 12.1 Å². The van der Waals surface area contributed by atoms with Gasteiger partial charge in [0.2, 0.25) is 6.10 Å². The first-order valence-corrected chi connectivity index (χ1v) is 8.26. The van der Waals surface area contributed by atoms with Crippen LogP contribution in [0.2, 0.25) is 0 Å². The normalized spacial score (nSPS) is 12.0. The van der Waals surface area contributed by atoms with Crippen LogP contribution >= 0.6 is 0 Å². The highest BCUT2D eigenvalue weighted by molar-refractivity contribution is 5.89. The minimum absolute atomic E-state index is 0.376. The standard InChI is InChI=1S/C21H20O5/c1-12-10-16(18-13(2)14(3)20(22)26-17(18)11-12)25-19(21(23)24-4)15-8-6-5-7-9-15/h5-11,19H,1-4H3. The van der Waals surface area contributed by atoms with Crippen LogP contribution in [0.15, 0.2) is 51.7 Å². The molecule has 3 rings (SSSR count). The quantitative estimate of drug-likeness (QED) is 0.524. The number of rotatable bonds is 4. The molecule has 0 bridgehead atoms. The van der Waals surface area contributed by atoms with Gasteiger partial charge in [0.05, 0.1) is 12.5 Å². The van der Waals surface area contributed by atoms with E-state index in [0.717, 1.165) is 11.1 Å². The lowest BCUT2D eigenvalue weighted by Crippen LogP contribution is -2.20. The summed E-state index contributed by atoms with van der Waals surface area (Å²) in [5.74, 6) is -0.0267. The number of carbonyl (C=O) groups is 1. The summed E-state index contributed by atoms with van der Waals surface area (Å²) < 4.78 is 16.4. The summed E-state index contributed by atoms with van der Waals surface area (Å²) in [6.45, 7) is 5.42. The van der Waals surface area contributed by atoms with Gasteiger partial charge in [-0.2, -0.15) is 0 Å². The molecule has 0 N–H and O–H groups in total. The highest BCUT2D eigenvalue weighted by atomic mass is 16.6. The third-order valence-electron chi connectivity index (χ3n) is 4.42. The number of esters is 1. The van der Waals surface area contributed by atoms with Crippen LogP contribution in [0.4, 0.5) is 0 Å². The Hall–Kier alpha value is -3.08. The van der Waals surface area contributed by atoms with Gasteiger partial charge < -0.3 is 13.9 Å². The van der Waals surface area contributed by atoms with E-state index in [4.69, 9.17) is 13.9 Å². The molecule has 0 saturated heterocycles. The van der Waals surface area contributed by atoms with Crippen LogP contribution in [0.5, 0.6) is 5.75 Å². The molecule has 0 aliphatic carbocycles. The Morgan fingerprint density at radius 1 is 1.04 bits per heavy atom. The Balaban J connectivity index is 2.19. The predicted molar refractivity (Wildman–Crippen MR) is 98.5 cm³/mol. The Morgan fingerprint density at radius 3 is 2.38 bits per heavy atom. The molecule has 2 aromatic carbocycles. The molecule has 0 fully saturated rings. The molecule has 0 spiro atoms. The first-order valence-electron chi connectivity index (χ1n) is 8.26. The zero-order valence-electron chi connectivity index (χ0n) is 15.2. The second kappa shape index (κ2) is 7.04. The molecule has 1 atom stereocenters. The molecule has 0 saturated carbocycles. The van der Waals surface area contributed by atoms with Crippen LogP contribution in [0.25, 0.3) is 11.0 Å². The number of carbonyl (C=O) groups excluding carboxylic acids is 1. The summed E-state index contributed by atoms with van der Waals surface area (Å²) in [6, 6.07) is 12.7. The van der Waals surface area contributed by atoms with Crippen molar-refractivity contribution in [2.45, 2.75) is 26.9 Å². The molecule has 134 valence electrons. The highest BCUT2D eigenvalue weighted by Crippen LogP contribution is 2.34. The van der Waals surface area contributed by atoms with Crippen molar-refractivity contribution in [2.75, 3.05) is 7.11 Å². The van der Waals surface area contributed by atoms with Crippen molar-refractivity contribution >= 4 is 16.9 Å². The summed E-state index contributed by atoms with van der Waals surface area (Å²) in [4.78, 5) is 24.3. The maximum Gasteiger partial charge on any atom is 0.351 e. The average Bonchev–Trinajstić information content (AvgIpc) is 2.63. The zero-order chi connectivity index (χ0) is 18.8. The first kappa shape index (κ1) is 17.7. The maximum absolute atomic E-state index is 12.3. The van der Waals surface area contributed by atoms with Gasteiger partial charge in [-0.15, -0.1) is 0 Å². The summed E-state index contributed by atoms with van der Waals surface area (Å²) in [6.07, 6.45) is -0.919. The second-order valence-electron chi connectivity index (χ2n) is 6.21. The fourth-order valence-corrected chi connectivity index (χ4v) is 2.90. The van der Waals surface area contributed by atoms with E-state index in [2.05, 4.69) is 0 Å². The number of ether oxygens (including phenoxy) is 2. The molecule has 0 aliphatic heterocycles. The second-order valence-corrected chi connectivity index (χ2v) is 6.21. The van der Waals surface area contributed by atoms with Crippen molar-refractivity contribution in [2.24, 2.45) is 0 Å². The van der Waals surface area contributed by atoms with E-state index in [1.54, 1.807) is 25.1 Å². The van der Waals surface area contributed by atoms with Crippen molar-refractivity contribution in [3.05, 3.63) is 75.1 Å². The minimum atomic E-state index is -0.919. The first-order chi connectivity index (χ1) is 12.4. The van der Waals surface area contributed by atoms with E-state index >= 15 is 0 Å². The van der Waals surface area contributed by atoms with E-state index in [1.807, 2.05) is 38.1 Å². The number of methoxy groups -OCH3 is 1. The summed E-state index contributed by atoms with van der Waals surface area (Å²) in [5, 5.41) is 0.678. The van der Waals surface area contributed by atoms with Gasteiger partial charge in [0.15, 0.2) is 0 Å². The van der Waals surface area contributed by atoms with Crippen LogP contribution in [0.1, 0.15) is 28.4 Å². The molecule has 0 amide bonds. The SMILES string of the molecule is COC(=O)C(Oc1cc(C)cc2oc(=O)c(C)c(C)c12)c1ccccc1. The summed E-state index contributed by atoms with van der Waals surface area (Å²) >= 11 is 0. The van der Waals surface area contributed by atoms with Crippen molar-refractivity contribution in [3.63, 3.8) is 0 Å². The van der Waals surface area contributed by atoms with Crippen LogP contribution in [-0.4, -0.2) is 13.1 Å². The minimum Gasteiger partial charge on any atom is -0.473 e. The maximum atomic E-state index is 12.3. The predicted octanol–water partition coefficient (Wildman–Crippen LogP) is 4.01. The van der Waals surface area contributed by atoms with Crippen molar-refractivity contribution in [3.8, 4) is 5.75 Å². The topological polar surface area (TPSA) is 65.7 Å². The monoisotopic (exact) mass is 352 g/mol. The lowest BCUT2D eigenvalue weighted by atomic mass is 10.0. The van der Waals surface area contributed by atoms with Gasteiger partial charge in [-0.1, -0.05) is 30.3 Å². The zero-order valence-corrected chi connectivity index (χ0v) is 15.2. The molecule has 3 aromatic rings. The Kier molecular flexibility index (Phi) is 4.80. The van der Waals surface area contributed by atoms with Gasteiger partial charge >= 0.3 is 11.6 Å². The molecule has 26 heavy (non-hydrogen) atoms. The van der Waals surface area contributed by atoms with Crippen LogP contribution in [0.3, 0.4) is 0 Å². The molecule has 0 radical (unpaired) electrons. The van der Waals surface area contributed by atoms with E-state index in [9.17, 15) is 9.59 Å². The Labute approximate surface area is 151 Å². The van der Waals surface area contributed by atoms with Crippen LogP contribution < -0.4 is 10.4 Å². The van der Waals surface area contributed by atoms with Crippen molar-refractivity contribution in [1.29, 1.82) is 0 Å². The number of hydrogen-bond donors (Lipinski definition) is 0. The largest absolute Gasteiger partial charge is 0.473 e. The van der Waals surface area contributed by atoms with E-state index in [-0.39, 0.29) is 5.63 Å². The number of aryl methyl sites for hydroxylation is 2. The highest BCUT2D eigenvalue weighted by Gasteiger charge is 2.25. The number of benzene rings is 2. The van der Waals surface area contributed by atoms with Crippen molar-refractivity contribution in [1.82, 2.24) is 0 Å². The third-order valence-corrected chi connectivity index (χ3v) is 4.42. The molecule has 0 aliphatic rings. The molecule has 5 nitrogen and oxygen atoms in total. The van der Waals surface area contributed by atoms with Gasteiger partial charge in [-0.05, 0) is 44.0 Å². The molecule has 1 unspecified atom stereocenters. The van der Waals surface area contributed by atoms with Gasteiger partial charge in [-0.25, -0.2) is 9.59 Å². The van der Waals surface area contributed by atoms with Gasteiger partial charge in [-0.3, -0.25) is 0 Å². The van der Waals surface area contributed by atoms with Gasteiger partial charge in [0, 0.05) is 11.1 Å².